The number of amides is 1. The maximum absolute atomic E-state index is 12.4. The Morgan fingerprint density at radius 3 is 2.75 bits per heavy atom. The highest BCUT2D eigenvalue weighted by atomic mass is 32.2. The highest BCUT2D eigenvalue weighted by molar-refractivity contribution is 7.99. The molecule has 1 amide bonds. The second kappa shape index (κ2) is 8.74. The van der Waals surface area contributed by atoms with E-state index in [2.05, 4.69) is 34.0 Å². The van der Waals surface area contributed by atoms with E-state index in [1.54, 1.807) is 0 Å². The maximum Gasteiger partial charge on any atom is 0.226 e. The highest BCUT2D eigenvalue weighted by Gasteiger charge is 2.19. The second-order valence-corrected chi connectivity index (χ2v) is 7.90. The van der Waals surface area contributed by atoms with Gasteiger partial charge in [-0.05, 0) is 45.1 Å². The molecule has 0 aromatic heterocycles. The van der Waals surface area contributed by atoms with Crippen LogP contribution in [0.2, 0.25) is 0 Å². The van der Waals surface area contributed by atoms with Crippen LogP contribution in [0.15, 0.2) is 24.3 Å². The van der Waals surface area contributed by atoms with Gasteiger partial charge in [0.15, 0.2) is 0 Å². The Hall–Kier alpha value is -1.24. The largest absolute Gasteiger partial charge is 0.381 e. The molecule has 2 aliphatic heterocycles. The van der Waals surface area contributed by atoms with Gasteiger partial charge in [0.05, 0.1) is 11.4 Å². The minimum atomic E-state index is 0.0904. The fourth-order valence-electron chi connectivity index (χ4n) is 3.27. The van der Waals surface area contributed by atoms with Crippen molar-refractivity contribution >= 4 is 29.0 Å². The summed E-state index contributed by atoms with van der Waals surface area (Å²) in [6.07, 6.45) is 2.82. The first kappa shape index (κ1) is 17.6. The molecule has 6 heteroatoms. The number of benzene rings is 1. The Morgan fingerprint density at radius 2 is 2.04 bits per heavy atom. The standard InChI is InChI=1S/C18H28N4OS/c1-22-9-6-14(7-10-22)20-16-4-2-3-5-17(16)21-18(23)12-15-13-24-11-8-19-15/h2-5,14-15,19-20H,6-13H2,1H3,(H,21,23). The number of hydrogen-bond donors (Lipinski definition) is 3. The second-order valence-electron chi connectivity index (χ2n) is 6.75. The van der Waals surface area contributed by atoms with E-state index in [9.17, 15) is 4.79 Å². The van der Waals surface area contributed by atoms with Crippen molar-refractivity contribution in [3.8, 4) is 0 Å². The normalized spacial score (nSPS) is 23.0. The Bertz CT molecular complexity index is 540. The fraction of sp³-hybridized carbons (Fsp3) is 0.611. The summed E-state index contributed by atoms with van der Waals surface area (Å²) in [6, 6.07) is 8.81. The number of anilines is 2. The number of carbonyl (C=O) groups excluding carboxylic acids is 1. The molecule has 0 spiro atoms. The Morgan fingerprint density at radius 1 is 1.29 bits per heavy atom. The first-order valence-electron chi connectivity index (χ1n) is 8.86. The summed E-state index contributed by atoms with van der Waals surface area (Å²) in [7, 11) is 2.17. The summed E-state index contributed by atoms with van der Waals surface area (Å²) in [4.78, 5) is 14.7. The average Bonchev–Trinajstić information content (AvgIpc) is 2.59. The molecule has 0 saturated carbocycles. The molecule has 3 rings (SSSR count). The van der Waals surface area contributed by atoms with Crippen LogP contribution < -0.4 is 16.0 Å². The molecular weight excluding hydrogens is 320 g/mol. The summed E-state index contributed by atoms with van der Waals surface area (Å²) < 4.78 is 0. The lowest BCUT2D eigenvalue weighted by Gasteiger charge is -2.30. The summed E-state index contributed by atoms with van der Waals surface area (Å²) in [5.74, 6) is 2.25. The van der Waals surface area contributed by atoms with Gasteiger partial charge in [0, 0.05) is 36.6 Å². The average molecular weight is 349 g/mol. The van der Waals surface area contributed by atoms with E-state index in [0.717, 1.165) is 55.4 Å². The molecule has 2 saturated heterocycles. The van der Waals surface area contributed by atoms with Crippen LogP contribution in [0.3, 0.4) is 0 Å². The van der Waals surface area contributed by atoms with Gasteiger partial charge in [0.1, 0.15) is 0 Å². The van der Waals surface area contributed by atoms with Crippen LogP contribution in [0, 0.1) is 0 Å². The molecule has 5 nitrogen and oxygen atoms in total. The molecule has 0 aliphatic carbocycles. The molecule has 1 unspecified atom stereocenters. The van der Waals surface area contributed by atoms with E-state index in [1.807, 2.05) is 30.0 Å². The predicted octanol–water partition coefficient (Wildman–Crippen LogP) is 2.23. The molecule has 0 radical (unpaired) electrons. The Kier molecular flexibility index (Phi) is 6.40. The first-order chi connectivity index (χ1) is 11.7. The molecule has 0 bridgehead atoms. The molecular formula is C18H28N4OS. The van der Waals surface area contributed by atoms with Crippen molar-refractivity contribution in [3.63, 3.8) is 0 Å². The van der Waals surface area contributed by atoms with E-state index in [-0.39, 0.29) is 11.9 Å². The topological polar surface area (TPSA) is 56.4 Å². The van der Waals surface area contributed by atoms with Crippen molar-refractivity contribution in [3.05, 3.63) is 24.3 Å². The van der Waals surface area contributed by atoms with E-state index in [0.29, 0.717) is 12.5 Å². The van der Waals surface area contributed by atoms with Crippen molar-refractivity contribution in [1.82, 2.24) is 10.2 Å². The third-order valence-electron chi connectivity index (χ3n) is 4.71. The van der Waals surface area contributed by atoms with Gasteiger partial charge in [-0.1, -0.05) is 12.1 Å². The molecule has 1 atom stereocenters. The number of carbonyl (C=O) groups is 1. The van der Waals surface area contributed by atoms with E-state index in [1.165, 1.54) is 0 Å². The van der Waals surface area contributed by atoms with Crippen LogP contribution in [0.1, 0.15) is 19.3 Å². The third-order valence-corrected chi connectivity index (χ3v) is 5.84. The molecule has 2 fully saturated rings. The SMILES string of the molecule is CN1CCC(Nc2ccccc2NC(=O)CC2CSCCN2)CC1. The maximum atomic E-state index is 12.4. The van der Waals surface area contributed by atoms with E-state index in [4.69, 9.17) is 0 Å². The van der Waals surface area contributed by atoms with Crippen molar-refractivity contribution in [2.75, 3.05) is 48.8 Å². The smallest absolute Gasteiger partial charge is 0.226 e. The lowest BCUT2D eigenvalue weighted by Crippen LogP contribution is -2.40. The van der Waals surface area contributed by atoms with Crippen molar-refractivity contribution in [2.24, 2.45) is 0 Å². The third kappa shape index (κ3) is 5.13. The number of piperidine rings is 1. The van der Waals surface area contributed by atoms with Gasteiger partial charge in [-0.25, -0.2) is 0 Å². The van der Waals surface area contributed by atoms with Crippen LogP contribution in [-0.2, 0) is 4.79 Å². The highest BCUT2D eigenvalue weighted by Crippen LogP contribution is 2.24. The van der Waals surface area contributed by atoms with Gasteiger partial charge in [0.2, 0.25) is 5.91 Å². The van der Waals surface area contributed by atoms with Crippen molar-refractivity contribution in [1.29, 1.82) is 0 Å². The minimum Gasteiger partial charge on any atom is -0.381 e. The van der Waals surface area contributed by atoms with Gasteiger partial charge in [-0.15, -0.1) is 0 Å². The molecule has 1 aromatic rings. The lowest BCUT2D eigenvalue weighted by molar-refractivity contribution is -0.116. The summed E-state index contributed by atoms with van der Waals surface area (Å²) >= 11 is 1.92. The summed E-state index contributed by atoms with van der Waals surface area (Å²) in [5, 5.41) is 10.1. The van der Waals surface area contributed by atoms with Crippen LogP contribution >= 0.6 is 11.8 Å². The molecule has 24 heavy (non-hydrogen) atoms. The van der Waals surface area contributed by atoms with E-state index < -0.39 is 0 Å². The number of para-hydroxylation sites is 2. The zero-order valence-corrected chi connectivity index (χ0v) is 15.2. The van der Waals surface area contributed by atoms with Crippen LogP contribution in [0.4, 0.5) is 11.4 Å². The van der Waals surface area contributed by atoms with Crippen molar-refractivity contribution < 1.29 is 4.79 Å². The molecule has 3 N–H and O–H groups in total. The van der Waals surface area contributed by atoms with Crippen LogP contribution in [-0.4, -0.2) is 61.1 Å². The van der Waals surface area contributed by atoms with Gasteiger partial charge < -0.3 is 20.9 Å². The molecule has 2 aliphatic rings. The van der Waals surface area contributed by atoms with Gasteiger partial charge in [0.25, 0.3) is 0 Å². The zero-order chi connectivity index (χ0) is 16.8. The van der Waals surface area contributed by atoms with Gasteiger partial charge >= 0.3 is 0 Å². The van der Waals surface area contributed by atoms with Crippen molar-refractivity contribution in [2.45, 2.75) is 31.3 Å². The number of nitrogens with one attached hydrogen (secondary N) is 3. The number of rotatable bonds is 5. The first-order valence-corrected chi connectivity index (χ1v) is 10.0. The molecule has 2 heterocycles. The summed E-state index contributed by atoms with van der Waals surface area (Å²) in [5.41, 5.74) is 1.93. The zero-order valence-electron chi connectivity index (χ0n) is 14.4. The van der Waals surface area contributed by atoms with Crippen LogP contribution in [0.5, 0.6) is 0 Å². The number of nitrogens with zero attached hydrogens (tertiary/aromatic N) is 1. The molecule has 1 aromatic carbocycles. The summed E-state index contributed by atoms with van der Waals surface area (Å²) in [6.45, 7) is 3.24. The van der Waals surface area contributed by atoms with Gasteiger partial charge in [-0.3, -0.25) is 4.79 Å². The van der Waals surface area contributed by atoms with Crippen LogP contribution in [0.25, 0.3) is 0 Å². The fourth-order valence-corrected chi connectivity index (χ4v) is 4.22. The predicted molar refractivity (Wildman–Crippen MR) is 103 cm³/mol. The Labute approximate surface area is 148 Å². The monoisotopic (exact) mass is 348 g/mol. The lowest BCUT2D eigenvalue weighted by atomic mass is 10.0. The molecule has 132 valence electrons. The van der Waals surface area contributed by atoms with Gasteiger partial charge in [-0.2, -0.15) is 11.8 Å². The minimum absolute atomic E-state index is 0.0904. The quantitative estimate of drug-likeness (QED) is 0.762. The van der Waals surface area contributed by atoms with E-state index >= 15 is 0 Å². The number of thioether (sulfide) groups is 1. The Balaban J connectivity index is 1.56. The number of likely N-dealkylation sites (tertiary alicyclic amines) is 1. The number of hydrogen-bond acceptors (Lipinski definition) is 5.